The second kappa shape index (κ2) is 5.47. The molecule has 114 valence electrons. The number of rotatable bonds is 1. The molecule has 21 heavy (non-hydrogen) atoms. The maximum Gasteiger partial charge on any atom is 0.316 e. The summed E-state index contributed by atoms with van der Waals surface area (Å²) in [5, 5.41) is 0. The van der Waals surface area contributed by atoms with Gasteiger partial charge < -0.3 is 4.74 Å². The van der Waals surface area contributed by atoms with Crippen molar-refractivity contribution in [1.82, 2.24) is 0 Å². The van der Waals surface area contributed by atoms with Crippen molar-refractivity contribution in [3.63, 3.8) is 0 Å². The van der Waals surface area contributed by atoms with E-state index in [-0.39, 0.29) is 5.97 Å². The van der Waals surface area contributed by atoms with Gasteiger partial charge in [0.2, 0.25) is 0 Å². The van der Waals surface area contributed by atoms with Gasteiger partial charge in [0.1, 0.15) is 5.75 Å². The van der Waals surface area contributed by atoms with Crippen molar-refractivity contribution >= 4 is 5.97 Å². The fourth-order valence-electron chi connectivity index (χ4n) is 3.77. The number of ether oxygens (including phenoxy) is 1. The van der Waals surface area contributed by atoms with Crippen molar-refractivity contribution in [2.45, 2.75) is 65.2 Å². The molecule has 2 unspecified atom stereocenters. The number of carbonyl (C=O) groups is 1. The molecule has 2 heteroatoms. The molecule has 1 aromatic rings. The first-order valence-corrected chi connectivity index (χ1v) is 8.30. The minimum absolute atomic E-state index is 0.154. The fraction of sp³-hybridized carbons (Fsp3) is 0.632. The smallest absolute Gasteiger partial charge is 0.316 e. The third-order valence-corrected chi connectivity index (χ3v) is 5.03. The Kier molecular flexibility index (Phi) is 3.81. The third-order valence-electron chi connectivity index (χ3n) is 5.03. The summed E-state index contributed by atoms with van der Waals surface area (Å²) >= 11 is 0. The number of hydrogen-bond donors (Lipinski definition) is 0. The van der Waals surface area contributed by atoms with Gasteiger partial charge >= 0.3 is 5.97 Å². The molecule has 0 heterocycles. The van der Waals surface area contributed by atoms with Gasteiger partial charge in [-0.05, 0) is 81.5 Å². The van der Waals surface area contributed by atoms with Gasteiger partial charge in [-0.3, -0.25) is 4.79 Å². The van der Waals surface area contributed by atoms with Crippen LogP contribution in [0.25, 0.3) is 0 Å². The Labute approximate surface area is 127 Å². The van der Waals surface area contributed by atoms with Gasteiger partial charge in [-0.25, -0.2) is 0 Å². The van der Waals surface area contributed by atoms with Gasteiger partial charge in [0.05, 0.1) is 5.41 Å². The van der Waals surface area contributed by atoms with Crippen LogP contribution >= 0.6 is 0 Å². The van der Waals surface area contributed by atoms with Crippen molar-refractivity contribution in [2.75, 3.05) is 0 Å². The highest BCUT2D eigenvalue weighted by molar-refractivity contribution is 5.77. The first kappa shape index (κ1) is 14.6. The average molecular weight is 286 g/mol. The maximum atomic E-state index is 12.1. The van der Waals surface area contributed by atoms with Crippen LogP contribution in [0.15, 0.2) is 18.2 Å². The van der Waals surface area contributed by atoms with E-state index in [2.05, 4.69) is 12.1 Å². The van der Waals surface area contributed by atoms with Gasteiger partial charge in [0.25, 0.3) is 0 Å². The quantitative estimate of drug-likeness (QED) is 0.544. The number of aryl methyl sites for hydroxylation is 1. The van der Waals surface area contributed by atoms with Gasteiger partial charge in [-0.2, -0.15) is 0 Å². The summed E-state index contributed by atoms with van der Waals surface area (Å²) in [5.41, 5.74) is 2.46. The minimum atomic E-state index is -0.455. The Bertz CT molecular complexity index is 539. The second-order valence-electron chi connectivity index (χ2n) is 7.69. The van der Waals surface area contributed by atoms with Crippen LogP contribution in [0.1, 0.15) is 69.9 Å². The number of benzene rings is 1. The molecule has 0 saturated heterocycles. The highest BCUT2D eigenvalue weighted by Crippen LogP contribution is 2.45. The van der Waals surface area contributed by atoms with E-state index < -0.39 is 5.41 Å². The molecule has 1 aromatic carbocycles. The Balaban J connectivity index is 1.85. The van der Waals surface area contributed by atoms with Gasteiger partial charge in [0, 0.05) is 0 Å². The lowest BCUT2D eigenvalue weighted by molar-refractivity contribution is -0.143. The molecule has 0 N–H and O–H groups in total. The average Bonchev–Trinajstić information content (AvgIpc) is 2.46. The number of esters is 1. The van der Waals surface area contributed by atoms with Crippen LogP contribution in [0.5, 0.6) is 5.75 Å². The van der Waals surface area contributed by atoms with Crippen LogP contribution in [0.4, 0.5) is 0 Å². The molecule has 0 aliphatic heterocycles. The van der Waals surface area contributed by atoms with Crippen molar-refractivity contribution in [1.29, 1.82) is 0 Å². The normalized spacial score (nSPS) is 24.9. The van der Waals surface area contributed by atoms with Gasteiger partial charge in [-0.1, -0.05) is 18.9 Å². The summed E-state index contributed by atoms with van der Waals surface area (Å²) in [6, 6.07) is 6.28. The van der Waals surface area contributed by atoms with Crippen molar-refractivity contribution in [2.24, 2.45) is 11.3 Å². The minimum Gasteiger partial charge on any atom is -0.426 e. The summed E-state index contributed by atoms with van der Waals surface area (Å²) < 4.78 is 5.59. The van der Waals surface area contributed by atoms with Gasteiger partial charge in [-0.15, -0.1) is 0 Å². The van der Waals surface area contributed by atoms with E-state index in [9.17, 15) is 4.79 Å². The zero-order valence-electron chi connectivity index (χ0n) is 13.4. The molecule has 0 bridgehead atoms. The molecule has 1 saturated carbocycles. The molecular weight excluding hydrogens is 260 g/mol. The predicted molar refractivity (Wildman–Crippen MR) is 84.6 cm³/mol. The number of hydrogen-bond acceptors (Lipinski definition) is 2. The lowest BCUT2D eigenvalue weighted by Crippen LogP contribution is -2.26. The first-order valence-electron chi connectivity index (χ1n) is 8.30. The highest BCUT2D eigenvalue weighted by atomic mass is 16.5. The Morgan fingerprint density at radius 1 is 1.14 bits per heavy atom. The molecule has 1 fully saturated rings. The first-order chi connectivity index (χ1) is 9.95. The molecule has 0 spiro atoms. The summed E-state index contributed by atoms with van der Waals surface area (Å²) in [4.78, 5) is 12.1. The molecule has 0 radical (unpaired) electrons. The van der Waals surface area contributed by atoms with Crippen LogP contribution in [-0.2, 0) is 11.2 Å². The van der Waals surface area contributed by atoms with E-state index in [1.165, 1.54) is 49.7 Å². The molecule has 2 aliphatic carbocycles. The number of fused-ring (bicyclic) bond motifs is 3. The molecular formula is C19H26O2. The Morgan fingerprint density at radius 3 is 2.67 bits per heavy atom. The summed E-state index contributed by atoms with van der Waals surface area (Å²) in [6.45, 7) is 5.68. The number of carbonyl (C=O) groups excluding carboxylic acids is 1. The predicted octanol–water partition coefficient (Wildman–Crippen LogP) is 4.86. The van der Waals surface area contributed by atoms with E-state index in [0.717, 1.165) is 11.7 Å². The summed E-state index contributed by atoms with van der Waals surface area (Å²) in [7, 11) is 0. The molecule has 2 atom stereocenters. The molecule has 2 nitrogen and oxygen atoms in total. The lowest BCUT2D eigenvalue weighted by Gasteiger charge is -2.37. The second-order valence-corrected chi connectivity index (χ2v) is 7.69. The van der Waals surface area contributed by atoms with Crippen molar-refractivity contribution < 1.29 is 9.53 Å². The summed E-state index contributed by atoms with van der Waals surface area (Å²) in [6.07, 6.45) is 7.91. The highest BCUT2D eigenvalue weighted by Gasteiger charge is 2.32. The topological polar surface area (TPSA) is 26.3 Å². The van der Waals surface area contributed by atoms with Gasteiger partial charge in [0.15, 0.2) is 0 Å². The van der Waals surface area contributed by atoms with Crippen LogP contribution in [0.3, 0.4) is 0 Å². The zero-order valence-corrected chi connectivity index (χ0v) is 13.4. The molecule has 3 rings (SSSR count). The lowest BCUT2D eigenvalue weighted by atomic mass is 9.68. The SMILES string of the molecule is CC(C)(C)C(=O)Oc1ccc2c(c1)C1CCCCC1CC2. The summed E-state index contributed by atoms with van der Waals surface area (Å²) in [5.74, 6) is 2.11. The zero-order chi connectivity index (χ0) is 15.0. The van der Waals surface area contributed by atoms with Crippen LogP contribution < -0.4 is 4.74 Å². The maximum absolute atomic E-state index is 12.1. The Hall–Kier alpha value is -1.31. The largest absolute Gasteiger partial charge is 0.426 e. The van der Waals surface area contributed by atoms with E-state index in [0.29, 0.717) is 5.92 Å². The third kappa shape index (κ3) is 3.00. The van der Waals surface area contributed by atoms with Crippen molar-refractivity contribution in [3.05, 3.63) is 29.3 Å². The molecule has 0 aromatic heterocycles. The van der Waals surface area contributed by atoms with E-state index in [4.69, 9.17) is 4.74 Å². The van der Waals surface area contributed by atoms with Crippen LogP contribution in [0.2, 0.25) is 0 Å². The molecule has 2 aliphatic rings. The standard InChI is InChI=1S/C19H26O2/c1-19(2,3)18(20)21-15-11-10-14-9-8-13-6-4-5-7-16(13)17(14)12-15/h10-13,16H,4-9H2,1-3H3. The van der Waals surface area contributed by atoms with Crippen molar-refractivity contribution in [3.8, 4) is 5.75 Å². The van der Waals surface area contributed by atoms with E-state index in [1.807, 2.05) is 26.8 Å². The fourth-order valence-corrected chi connectivity index (χ4v) is 3.77. The van der Waals surface area contributed by atoms with Crippen LogP contribution in [-0.4, -0.2) is 5.97 Å². The molecule has 0 amide bonds. The monoisotopic (exact) mass is 286 g/mol. The van der Waals surface area contributed by atoms with E-state index in [1.54, 1.807) is 0 Å². The van der Waals surface area contributed by atoms with Crippen LogP contribution in [0, 0.1) is 11.3 Å². The van der Waals surface area contributed by atoms with E-state index >= 15 is 0 Å². The Morgan fingerprint density at radius 2 is 1.90 bits per heavy atom.